The topological polar surface area (TPSA) is 32.5 Å². The molecule has 0 aliphatic carbocycles. The lowest BCUT2D eigenvalue weighted by Gasteiger charge is -2.38. The Morgan fingerprint density at radius 1 is 1.41 bits per heavy atom. The van der Waals surface area contributed by atoms with Crippen molar-refractivity contribution < 1.29 is 0 Å². The molecule has 1 unspecified atom stereocenters. The Labute approximate surface area is 112 Å². The average molecular weight is 298 g/mol. The Kier molecular flexibility index (Phi) is 3.94. The van der Waals surface area contributed by atoms with Crippen LogP contribution in [0, 0.1) is 0 Å². The molecule has 3 nitrogen and oxygen atoms in total. The molecule has 0 bridgehead atoms. The van der Waals surface area contributed by atoms with Crippen LogP contribution in [0.2, 0.25) is 0 Å². The van der Waals surface area contributed by atoms with Crippen LogP contribution in [0.5, 0.6) is 0 Å². The molecule has 2 N–H and O–H groups in total. The van der Waals surface area contributed by atoms with Gasteiger partial charge in [-0.15, -0.1) is 0 Å². The van der Waals surface area contributed by atoms with Gasteiger partial charge in [-0.1, -0.05) is 0 Å². The van der Waals surface area contributed by atoms with E-state index < -0.39 is 0 Å². The van der Waals surface area contributed by atoms with Crippen molar-refractivity contribution in [3.63, 3.8) is 0 Å². The number of likely N-dealkylation sites (N-methyl/N-ethyl adjacent to an activating group) is 1. The zero-order valence-electron chi connectivity index (χ0n) is 10.5. The summed E-state index contributed by atoms with van der Waals surface area (Å²) in [6, 6.07) is 6.71. The van der Waals surface area contributed by atoms with E-state index in [2.05, 4.69) is 45.9 Å². The van der Waals surface area contributed by atoms with Crippen molar-refractivity contribution in [1.29, 1.82) is 0 Å². The summed E-state index contributed by atoms with van der Waals surface area (Å²) >= 11 is 3.60. The van der Waals surface area contributed by atoms with Gasteiger partial charge in [-0.3, -0.25) is 0 Å². The highest BCUT2D eigenvalue weighted by molar-refractivity contribution is 9.10. The van der Waals surface area contributed by atoms with Crippen LogP contribution < -0.4 is 10.6 Å². The second kappa shape index (κ2) is 5.27. The van der Waals surface area contributed by atoms with Crippen LogP contribution in [-0.2, 0) is 0 Å². The first-order valence-electron chi connectivity index (χ1n) is 6.04. The molecule has 2 rings (SSSR count). The normalized spacial score (nSPS) is 20.9. The van der Waals surface area contributed by atoms with Crippen LogP contribution in [0.15, 0.2) is 22.7 Å². The van der Waals surface area contributed by atoms with Crippen LogP contribution in [0.1, 0.15) is 12.8 Å². The Hall–Kier alpha value is -0.740. The largest absolute Gasteiger partial charge is 0.399 e. The van der Waals surface area contributed by atoms with Gasteiger partial charge in [-0.25, -0.2) is 0 Å². The van der Waals surface area contributed by atoms with Crippen molar-refractivity contribution in [2.75, 3.05) is 37.8 Å². The number of rotatable bonds is 2. The van der Waals surface area contributed by atoms with E-state index >= 15 is 0 Å². The van der Waals surface area contributed by atoms with Crippen LogP contribution >= 0.6 is 15.9 Å². The summed E-state index contributed by atoms with van der Waals surface area (Å²) in [7, 11) is 4.32. The summed E-state index contributed by atoms with van der Waals surface area (Å²) in [5, 5.41) is 0. The molecule has 1 aromatic rings. The van der Waals surface area contributed by atoms with Crippen molar-refractivity contribution in [2.45, 2.75) is 18.9 Å². The van der Waals surface area contributed by atoms with E-state index in [1.807, 2.05) is 12.1 Å². The van der Waals surface area contributed by atoms with Crippen molar-refractivity contribution in [3.05, 3.63) is 22.7 Å². The monoisotopic (exact) mass is 297 g/mol. The molecule has 1 aliphatic rings. The van der Waals surface area contributed by atoms with Gasteiger partial charge in [0.15, 0.2) is 0 Å². The van der Waals surface area contributed by atoms with E-state index in [4.69, 9.17) is 5.73 Å². The van der Waals surface area contributed by atoms with Gasteiger partial charge in [-0.2, -0.15) is 0 Å². The van der Waals surface area contributed by atoms with Crippen LogP contribution in [-0.4, -0.2) is 38.1 Å². The number of halogens is 1. The van der Waals surface area contributed by atoms with E-state index in [0.717, 1.165) is 23.2 Å². The molecular weight excluding hydrogens is 278 g/mol. The number of nitrogens with zero attached hydrogens (tertiary/aromatic N) is 2. The van der Waals surface area contributed by atoms with E-state index in [0.29, 0.717) is 6.04 Å². The number of benzene rings is 1. The maximum Gasteiger partial charge on any atom is 0.0512 e. The molecule has 0 radical (unpaired) electrons. The molecule has 1 saturated heterocycles. The predicted molar refractivity (Wildman–Crippen MR) is 77.5 cm³/mol. The maximum atomic E-state index is 5.78. The Bertz CT molecular complexity index is 392. The standard InChI is InChI=1S/C13H20BrN3/c1-16(2)11-4-3-7-17(9-11)13-6-5-10(15)8-12(13)14/h5-6,8,11H,3-4,7,9,15H2,1-2H3. The van der Waals surface area contributed by atoms with Crippen molar-refractivity contribution >= 4 is 27.3 Å². The molecule has 1 atom stereocenters. The second-order valence-corrected chi connectivity index (χ2v) is 5.77. The van der Waals surface area contributed by atoms with Gasteiger partial charge in [0.2, 0.25) is 0 Å². The first-order chi connectivity index (χ1) is 8.08. The van der Waals surface area contributed by atoms with E-state index in [9.17, 15) is 0 Å². The number of nitrogens with two attached hydrogens (primary N) is 1. The van der Waals surface area contributed by atoms with Crippen molar-refractivity contribution in [1.82, 2.24) is 4.90 Å². The zero-order valence-corrected chi connectivity index (χ0v) is 12.1. The van der Waals surface area contributed by atoms with Crippen LogP contribution in [0.4, 0.5) is 11.4 Å². The zero-order chi connectivity index (χ0) is 12.4. The fraction of sp³-hybridized carbons (Fsp3) is 0.538. The highest BCUT2D eigenvalue weighted by Crippen LogP contribution is 2.30. The first kappa shape index (κ1) is 12.7. The molecule has 1 aromatic carbocycles. The second-order valence-electron chi connectivity index (χ2n) is 4.92. The van der Waals surface area contributed by atoms with Gasteiger partial charge in [0.25, 0.3) is 0 Å². The van der Waals surface area contributed by atoms with Gasteiger partial charge in [0.1, 0.15) is 0 Å². The minimum atomic E-state index is 0.646. The quantitative estimate of drug-likeness (QED) is 0.852. The Morgan fingerprint density at radius 3 is 2.82 bits per heavy atom. The third kappa shape index (κ3) is 2.93. The predicted octanol–water partition coefficient (Wildman–Crippen LogP) is 2.56. The third-order valence-corrected chi connectivity index (χ3v) is 4.07. The lowest BCUT2D eigenvalue weighted by molar-refractivity contribution is 0.258. The number of hydrogen-bond donors (Lipinski definition) is 1. The molecule has 0 saturated carbocycles. The number of hydrogen-bond acceptors (Lipinski definition) is 3. The number of nitrogen functional groups attached to an aromatic ring is 1. The summed E-state index contributed by atoms with van der Waals surface area (Å²) in [6.45, 7) is 2.22. The van der Waals surface area contributed by atoms with Gasteiger partial charge in [0.05, 0.1) is 5.69 Å². The highest BCUT2D eigenvalue weighted by Gasteiger charge is 2.22. The molecule has 0 aromatic heterocycles. The molecule has 4 heteroatoms. The lowest BCUT2D eigenvalue weighted by atomic mass is 10.0. The van der Waals surface area contributed by atoms with Crippen LogP contribution in [0.3, 0.4) is 0 Å². The van der Waals surface area contributed by atoms with Gasteiger partial charge in [-0.05, 0) is 61.1 Å². The molecule has 17 heavy (non-hydrogen) atoms. The number of anilines is 2. The molecule has 1 heterocycles. The maximum absolute atomic E-state index is 5.78. The summed E-state index contributed by atoms with van der Waals surface area (Å²) in [5.74, 6) is 0. The first-order valence-corrected chi connectivity index (χ1v) is 6.83. The smallest absolute Gasteiger partial charge is 0.0512 e. The van der Waals surface area contributed by atoms with E-state index in [1.165, 1.54) is 18.5 Å². The van der Waals surface area contributed by atoms with E-state index in [-0.39, 0.29) is 0 Å². The van der Waals surface area contributed by atoms with Crippen molar-refractivity contribution in [3.8, 4) is 0 Å². The molecule has 94 valence electrons. The minimum absolute atomic E-state index is 0.646. The Balaban J connectivity index is 2.16. The molecular formula is C13H20BrN3. The fourth-order valence-corrected chi connectivity index (χ4v) is 3.02. The highest BCUT2D eigenvalue weighted by atomic mass is 79.9. The Morgan fingerprint density at radius 2 is 2.18 bits per heavy atom. The summed E-state index contributed by atoms with van der Waals surface area (Å²) < 4.78 is 1.09. The van der Waals surface area contributed by atoms with Gasteiger partial charge >= 0.3 is 0 Å². The van der Waals surface area contributed by atoms with Gasteiger partial charge < -0.3 is 15.5 Å². The van der Waals surface area contributed by atoms with E-state index in [1.54, 1.807) is 0 Å². The fourth-order valence-electron chi connectivity index (χ4n) is 2.37. The SMILES string of the molecule is CN(C)C1CCCN(c2ccc(N)cc2Br)C1. The number of piperidine rings is 1. The summed E-state index contributed by atoms with van der Waals surface area (Å²) in [5.41, 5.74) is 7.84. The lowest BCUT2D eigenvalue weighted by Crippen LogP contribution is -2.45. The average Bonchev–Trinajstić information content (AvgIpc) is 2.29. The van der Waals surface area contributed by atoms with Gasteiger partial charge in [0, 0.05) is 29.3 Å². The minimum Gasteiger partial charge on any atom is -0.399 e. The summed E-state index contributed by atoms with van der Waals surface area (Å²) in [4.78, 5) is 4.76. The molecule has 0 amide bonds. The van der Waals surface area contributed by atoms with Crippen LogP contribution in [0.25, 0.3) is 0 Å². The molecule has 0 spiro atoms. The van der Waals surface area contributed by atoms with Crippen molar-refractivity contribution in [2.24, 2.45) is 0 Å². The summed E-state index contributed by atoms with van der Waals surface area (Å²) in [6.07, 6.45) is 2.54. The third-order valence-electron chi connectivity index (χ3n) is 3.44. The molecule has 1 aliphatic heterocycles. The molecule has 1 fully saturated rings.